The van der Waals surface area contributed by atoms with Crippen LogP contribution in [0.15, 0.2) is 61.2 Å². The van der Waals surface area contributed by atoms with Crippen LogP contribution >= 0.6 is 0 Å². The zero-order valence-electron chi connectivity index (χ0n) is 21.9. The molecule has 0 aliphatic carbocycles. The summed E-state index contributed by atoms with van der Waals surface area (Å²) in [7, 11) is -4.57. The van der Waals surface area contributed by atoms with Crippen molar-refractivity contribution in [2.75, 3.05) is 0 Å². The first-order valence-corrected chi connectivity index (χ1v) is 14.7. The van der Waals surface area contributed by atoms with Crippen LogP contribution in [0.1, 0.15) is 66.4 Å². The third-order valence-corrected chi connectivity index (χ3v) is 14.1. The van der Waals surface area contributed by atoms with Gasteiger partial charge < -0.3 is 20.1 Å². The second-order valence-electron chi connectivity index (χ2n) is 10.0. The SMILES string of the molecule is C=CCCCCc1ccc(B(O)O)cc1.CC(C)[Si](c1ccccc1B(O)O)(C(C)C)C(C)C. The molecular weight excluding hydrogens is 438 g/mol. The van der Waals surface area contributed by atoms with Crippen molar-refractivity contribution < 1.29 is 20.1 Å². The third kappa shape index (κ3) is 7.96. The summed E-state index contributed by atoms with van der Waals surface area (Å²) >= 11 is 0. The van der Waals surface area contributed by atoms with E-state index < -0.39 is 22.3 Å². The smallest absolute Gasteiger partial charge is 0.423 e. The molecule has 4 N–H and O–H groups in total. The van der Waals surface area contributed by atoms with Crippen molar-refractivity contribution in [2.24, 2.45) is 0 Å². The molecule has 0 saturated heterocycles. The molecule has 2 aromatic rings. The Labute approximate surface area is 209 Å². The van der Waals surface area contributed by atoms with E-state index in [0.29, 0.717) is 27.5 Å². The average Bonchev–Trinajstić information content (AvgIpc) is 2.77. The largest absolute Gasteiger partial charge is 0.488 e. The van der Waals surface area contributed by atoms with Gasteiger partial charge in [-0.2, -0.15) is 0 Å². The fraction of sp³-hybridized carbons (Fsp3) is 0.481. The number of allylic oxidation sites excluding steroid dienone is 1. The summed E-state index contributed by atoms with van der Waals surface area (Å²) in [6.45, 7) is 17.4. The lowest BCUT2D eigenvalue weighted by Crippen LogP contribution is -2.63. The molecule has 4 nitrogen and oxygen atoms in total. The molecule has 0 saturated carbocycles. The van der Waals surface area contributed by atoms with Gasteiger partial charge in [-0.1, -0.05) is 101 Å². The van der Waals surface area contributed by atoms with Gasteiger partial charge in [-0.15, -0.1) is 6.58 Å². The number of rotatable bonds is 11. The first-order valence-electron chi connectivity index (χ1n) is 12.5. The van der Waals surface area contributed by atoms with E-state index in [-0.39, 0.29) is 0 Å². The first kappa shape index (κ1) is 30.4. The molecule has 0 atom stereocenters. The average molecular weight is 482 g/mol. The molecule has 0 heterocycles. The van der Waals surface area contributed by atoms with Crippen molar-refractivity contribution in [3.8, 4) is 0 Å². The highest BCUT2D eigenvalue weighted by Gasteiger charge is 2.46. The Morgan fingerprint density at radius 2 is 1.29 bits per heavy atom. The van der Waals surface area contributed by atoms with E-state index in [1.54, 1.807) is 12.1 Å². The molecule has 0 amide bonds. The van der Waals surface area contributed by atoms with Crippen LogP contribution in [0.4, 0.5) is 0 Å². The van der Waals surface area contributed by atoms with Gasteiger partial charge in [0.05, 0.1) is 8.07 Å². The number of benzene rings is 2. The number of unbranched alkanes of at least 4 members (excludes halogenated alkanes) is 2. The Bertz CT molecular complexity index is 830. The van der Waals surface area contributed by atoms with Crippen LogP contribution in [0, 0.1) is 0 Å². The van der Waals surface area contributed by atoms with Crippen molar-refractivity contribution in [3.05, 3.63) is 66.7 Å². The van der Waals surface area contributed by atoms with Crippen LogP contribution in [-0.4, -0.2) is 42.4 Å². The monoisotopic (exact) mass is 482 g/mol. The van der Waals surface area contributed by atoms with Crippen molar-refractivity contribution in [2.45, 2.75) is 83.8 Å². The Morgan fingerprint density at radius 1 is 0.765 bits per heavy atom. The molecule has 0 radical (unpaired) electrons. The van der Waals surface area contributed by atoms with Crippen molar-refractivity contribution in [3.63, 3.8) is 0 Å². The molecule has 0 spiro atoms. The topological polar surface area (TPSA) is 80.9 Å². The summed E-state index contributed by atoms with van der Waals surface area (Å²) in [5.74, 6) is 0. The van der Waals surface area contributed by atoms with Crippen LogP contribution in [0.2, 0.25) is 16.6 Å². The van der Waals surface area contributed by atoms with E-state index >= 15 is 0 Å². The van der Waals surface area contributed by atoms with Gasteiger partial charge in [0.25, 0.3) is 0 Å². The second-order valence-corrected chi connectivity index (χ2v) is 15.9. The minimum Gasteiger partial charge on any atom is -0.423 e. The highest BCUT2D eigenvalue weighted by atomic mass is 28.3. The predicted molar refractivity (Wildman–Crippen MR) is 151 cm³/mol. The van der Waals surface area contributed by atoms with Crippen LogP contribution < -0.4 is 16.1 Å². The quantitative estimate of drug-likeness (QED) is 0.225. The summed E-state index contributed by atoms with van der Waals surface area (Å²) < 4.78 is 0. The van der Waals surface area contributed by atoms with Crippen LogP contribution in [0.5, 0.6) is 0 Å². The molecule has 0 unspecified atom stereocenters. The molecule has 0 bridgehead atoms. The number of hydrogen-bond acceptors (Lipinski definition) is 4. The van der Waals surface area contributed by atoms with Crippen molar-refractivity contribution >= 4 is 38.4 Å². The summed E-state index contributed by atoms with van der Waals surface area (Å²) in [5, 5.41) is 38.4. The van der Waals surface area contributed by atoms with Crippen molar-refractivity contribution in [1.29, 1.82) is 0 Å². The summed E-state index contributed by atoms with van der Waals surface area (Å²) in [6.07, 6.45) is 6.34. The van der Waals surface area contributed by atoms with Crippen LogP contribution in [0.3, 0.4) is 0 Å². The van der Waals surface area contributed by atoms with Crippen molar-refractivity contribution in [1.82, 2.24) is 0 Å². The van der Waals surface area contributed by atoms with Crippen LogP contribution in [0.25, 0.3) is 0 Å². The molecule has 0 aliphatic heterocycles. The lowest BCUT2D eigenvalue weighted by Gasteiger charge is -2.44. The highest BCUT2D eigenvalue weighted by molar-refractivity contribution is 6.97. The zero-order valence-corrected chi connectivity index (χ0v) is 22.9. The van der Waals surface area contributed by atoms with E-state index in [1.807, 2.05) is 36.4 Å². The maximum atomic E-state index is 9.69. The normalized spacial score (nSPS) is 11.4. The number of aryl methyl sites for hydroxylation is 1. The molecule has 7 heteroatoms. The van der Waals surface area contributed by atoms with Gasteiger partial charge in [-0.05, 0) is 58.8 Å². The molecular formula is C27H44B2O4Si. The minimum absolute atomic E-state index is 0.546. The van der Waals surface area contributed by atoms with E-state index in [2.05, 4.69) is 54.2 Å². The Hall–Kier alpha value is -1.63. The summed E-state index contributed by atoms with van der Waals surface area (Å²) in [4.78, 5) is 0. The Morgan fingerprint density at radius 3 is 1.74 bits per heavy atom. The minimum atomic E-state index is -1.83. The molecule has 2 aromatic carbocycles. The standard InChI is InChI=1S/C15H27BO2Si.C12H17BO2/c1-11(2)19(12(3)4,13(5)6)15-10-8-7-9-14(15)16(17)18;1-2-3-4-5-6-11-7-9-12(10-8-11)13(14)15/h7-13,17-18H,1-6H3;2,7-10,14-15H,1,3-6H2. The lowest BCUT2D eigenvalue weighted by molar-refractivity contribution is 0.424. The molecule has 0 fully saturated rings. The van der Waals surface area contributed by atoms with Gasteiger partial charge in [0.1, 0.15) is 0 Å². The zero-order chi connectivity index (χ0) is 25.9. The Kier molecular flexibility index (Phi) is 13.1. The van der Waals surface area contributed by atoms with E-state index in [0.717, 1.165) is 25.7 Å². The van der Waals surface area contributed by atoms with Crippen LogP contribution in [-0.2, 0) is 6.42 Å². The maximum absolute atomic E-state index is 9.69. The Balaban J connectivity index is 0.000000350. The molecule has 186 valence electrons. The number of hydrogen-bond donors (Lipinski definition) is 4. The lowest BCUT2D eigenvalue weighted by atomic mass is 9.80. The van der Waals surface area contributed by atoms with Gasteiger partial charge in [0.15, 0.2) is 0 Å². The van der Waals surface area contributed by atoms with Gasteiger partial charge in [0, 0.05) is 0 Å². The highest BCUT2D eigenvalue weighted by Crippen LogP contribution is 2.40. The molecule has 0 aromatic heterocycles. The summed E-state index contributed by atoms with van der Waals surface area (Å²) in [5.41, 5.74) is 4.17. The van der Waals surface area contributed by atoms with Gasteiger partial charge >= 0.3 is 14.2 Å². The third-order valence-electron chi connectivity index (χ3n) is 6.97. The fourth-order valence-electron chi connectivity index (χ4n) is 5.52. The van der Waals surface area contributed by atoms with E-state index in [1.165, 1.54) is 10.8 Å². The van der Waals surface area contributed by atoms with E-state index in [4.69, 9.17) is 10.0 Å². The predicted octanol–water partition coefficient (Wildman–Crippen LogP) is 3.52. The van der Waals surface area contributed by atoms with Gasteiger partial charge in [0.2, 0.25) is 0 Å². The van der Waals surface area contributed by atoms with E-state index in [9.17, 15) is 10.0 Å². The molecule has 2 rings (SSSR count). The second kappa shape index (κ2) is 14.7. The first-order chi connectivity index (χ1) is 16.0. The van der Waals surface area contributed by atoms with Gasteiger partial charge in [-0.25, -0.2) is 0 Å². The van der Waals surface area contributed by atoms with Gasteiger partial charge in [-0.3, -0.25) is 0 Å². The molecule has 0 aliphatic rings. The fourth-order valence-corrected chi connectivity index (χ4v) is 12.5. The molecule has 34 heavy (non-hydrogen) atoms. The summed E-state index contributed by atoms with van der Waals surface area (Å²) in [6, 6.07) is 15.3. The maximum Gasteiger partial charge on any atom is 0.488 e.